The SMILES string of the molecule is CCOc1ccc(CC(=O)Nc2cc([N+](=O)[O-])ccc2N)cc1. The van der Waals surface area contributed by atoms with Crippen molar-refractivity contribution >= 4 is 23.0 Å². The zero-order chi connectivity index (χ0) is 16.8. The van der Waals surface area contributed by atoms with Crippen LogP contribution in [0.3, 0.4) is 0 Å². The number of carbonyl (C=O) groups is 1. The lowest BCUT2D eigenvalue weighted by Crippen LogP contribution is -2.15. The fraction of sp³-hybridized carbons (Fsp3) is 0.188. The van der Waals surface area contributed by atoms with Crippen LogP contribution in [0.25, 0.3) is 0 Å². The molecule has 0 atom stereocenters. The lowest BCUT2D eigenvalue weighted by Gasteiger charge is -2.09. The van der Waals surface area contributed by atoms with Gasteiger partial charge in [-0.1, -0.05) is 12.1 Å². The van der Waals surface area contributed by atoms with Crippen LogP contribution in [-0.2, 0) is 11.2 Å². The van der Waals surface area contributed by atoms with Crippen LogP contribution in [0, 0.1) is 10.1 Å². The monoisotopic (exact) mass is 315 g/mol. The third-order valence-corrected chi connectivity index (χ3v) is 3.12. The molecule has 2 aromatic carbocycles. The van der Waals surface area contributed by atoms with Crippen molar-refractivity contribution in [1.29, 1.82) is 0 Å². The molecule has 1 amide bonds. The van der Waals surface area contributed by atoms with E-state index in [1.807, 2.05) is 6.92 Å². The standard InChI is InChI=1S/C16H17N3O4/c1-2-23-13-6-3-11(4-7-13)9-16(20)18-15-10-12(19(21)22)5-8-14(15)17/h3-8,10H,2,9,17H2,1H3,(H,18,20). The van der Waals surface area contributed by atoms with Crippen molar-refractivity contribution in [3.8, 4) is 5.75 Å². The second kappa shape index (κ2) is 7.26. The lowest BCUT2D eigenvalue weighted by atomic mass is 10.1. The summed E-state index contributed by atoms with van der Waals surface area (Å²) in [5.74, 6) is 0.431. The zero-order valence-corrected chi connectivity index (χ0v) is 12.6. The normalized spacial score (nSPS) is 10.1. The molecule has 0 spiro atoms. The van der Waals surface area contributed by atoms with Crippen LogP contribution in [0.15, 0.2) is 42.5 Å². The van der Waals surface area contributed by atoms with Gasteiger partial charge in [-0.2, -0.15) is 0 Å². The predicted molar refractivity (Wildman–Crippen MR) is 87.5 cm³/mol. The van der Waals surface area contributed by atoms with Gasteiger partial charge >= 0.3 is 0 Å². The Balaban J connectivity index is 2.04. The smallest absolute Gasteiger partial charge is 0.271 e. The van der Waals surface area contributed by atoms with Gasteiger partial charge < -0.3 is 15.8 Å². The molecule has 0 saturated heterocycles. The van der Waals surface area contributed by atoms with Gasteiger partial charge in [0.2, 0.25) is 5.91 Å². The van der Waals surface area contributed by atoms with Gasteiger partial charge in [-0.25, -0.2) is 0 Å². The minimum Gasteiger partial charge on any atom is -0.494 e. The van der Waals surface area contributed by atoms with E-state index in [1.54, 1.807) is 24.3 Å². The quantitative estimate of drug-likeness (QED) is 0.484. The second-order valence-corrected chi connectivity index (χ2v) is 4.83. The fourth-order valence-electron chi connectivity index (χ4n) is 2.02. The highest BCUT2D eigenvalue weighted by Gasteiger charge is 2.12. The highest BCUT2D eigenvalue weighted by Crippen LogP contribution is 2.24. The average molecular weight is 315 g/mol. The first-order valence-electron chi connectivity index (χ1n) is 7.05. The minimum absolute atomic E-state index is 0.129. The number of nitrogens with one attached hydrogen (secondary N) is 1. The maximum absolute atomic E-state index is 12.1. The van der Waals surface area contributed by atoms with Crippen molar-refractivity contribution in [2.75, 3.05) is 17.7 Å². The Labute approximate surface area is 133 Å². The van der Waals surface area contributed by atoms with Crippen molar-refractivity contribution in [3.63, 3.8) is 0 Å². The Morgan fingerprint density at radius 2 is 1.96 bits per heavy atom. The molecule has 7 nitrogen and oxygen atoms in total. The van der Waals surface area contributed by atoms with Crippen molar-refractivity contribution in [2.45, 2.75) is 13.3 Å². The number of nitro groups is 1. The van der Waals surface area contributed by atoms with E-state index in [0.717, 1.165) is 11.3 Å². The summed E-state index contributed by atoms with van der Waals surface area (Å²) >= 11 is 0. The summed E-state index contributed by atoms with van der Waals surface area (Å²) in [7, 11) is 0. The number of hydrogen-bond donors (Lipinski definition) is 2. The Kier molecular flexibility index (Phi) is 5.14. The molecule has 23 heavy (non-hydrogen) atoms. The molecule has 2 aromatic rings. The molecule has 0 saturated carbocycles. The molecule has 2 rings (SSSR count). The Morgan fingerprint density at radius 3 is 2.57 bits per heavy atom. The first kappa shape index (κ1) is 16.3. The molecule has 0 aromatic heterocycles. The topological polar surface area (TPSA) is 107 Å². The van der Waals surface area contributed by atoms with Gasteiger partial charge in [-0.05, 0) is 30.7 Å². The van der Waals surface area contributed by atoms with E-state index in [2.05, 4.69) is 5.32 Å². The highest BCUT2D eigenvalue weighted by atomic mass is 16.6. The molecule has 120 valence electrons. The second-order valence-electron chi connectivity index (χ2n) is 4.83. The summed E-state index contributed by atoms with van der Waals surface area (Å²) in [5.41, 5.74) is 6.91. The number of anilines is 2. The molecule has 0 aliphatic carbocycles. The van der Waals surface area contributed by atoms with Gasteiger partial charge in [0.15, 0.2) is 0 Å². The van der Waals surface area contributed by atoms with Crippen molar-refractivity contribution < 1.29 is 14.5 Å². The van der Waals surface area contributed by atoms with Gasteiger partial charge in [0, 0.05) is 12.1 Å². The van der Waals surface area contributed by atoms with E-state index in [-0.39, 0.29) is 29.4 Å². The van der Waals surface area contributed by atoms with Gasteiger partial charge in [0.25, 0.3) is 5.69 Å². The Bertz CT molecular complexity index is 714. The minimum atomic E-state index is -0.540. The first-order valence-corrected chi connectivity index (χ1v) is 7.05. The number of hydrogen-bond acceptors (Lipinski definition) is 5. The largest absolute Gasteiger partial charge is 0.494 e. The number of rotatable bonds is 6. The number of nitrogens with zero attached hydrogens (tertiary/aromatic N) is 1. The number of ether oxygens (including phenoxy) is 1. The van der Waals surface area contributed by atoms with Crippen LogP contribution in [0.5, 0.6) is 5.75 Å². The number of nitrogens with two attached hydrogens (primary N) is 1. The predicted octanol–water partition coefficient (Wildman–Crippen LogP) is 2.76. The van der Waals surface area contributed by atoms with E-state index in [9.17, 15) is 14.9 Å². The van der Waals surface area contributed by atoms with Gasteiger partial charge in [-0.3, -0.25) is 14.9 Å². The maximum Gasteiger partial charge on any atom is 0.271 e. The number of nitro benzene ring substituents is 1. The Morgan fingerprint density at radius 1 is 1.26 bits per heavy atom. The molecular formula is C16H17N3O4. The van der Waals surface area contributed by atoms with E-state index >= 15 is 0 Å². The summed E-state index contributed by atoms with van der Waals surface area (Å²) in [6.45, 7) is 2.47. The summed E-state index contributed by atoms with van der Waals surface area (Å²) in [6.07, 6.45) is 0.133. The van der Waals surface area contributed by atoms with E-state index < -0.39 is 4.92 Å². The molecule has 0 bridgehead atoms. The molecule has 7 heteroatoms. The fourth-order valence-corrected chi connectivity index (χ4v) is 2.02. The zero-order valence-electron chi connectivity index (χ0n) is 12.6. The molecule has 0 fully saturated rings. The number of amides is 1. The van der Waals surface area contributed by atoms with E-state index in [0.29, 0.717) is 6.61 Å². The summed E-state index contributed by atoms with van der Waals surface area (Å²) in [5, 5.41) is 13.4. The van der Waals surface area contributed by atoms with Gasteiger partial charge in [0.1, 0.15) is 5.75 Å². The van der Waals surface area contributed by atoms with Crippen molar-refractivity contribution in [2.24, 2.45) is 0 Å². The highest BCUT2D eigenvalue weighted by molar-refractivity contribution is 5.95. The third kappa shape index (κ3) is 4.44. The van der Waals surface area contributed by atoms with Crippen LogP contribution >= 0.6 is 0 Å². The summed E-state index contributed by atoms with van der Waals surface area (Å²) < 4.78 is 5.33. The van der Waals surface area contributed by atoms with E-state index in [1.165, 1.54) is 18.2 Å². The first-order chi connectivity index (χ1) is 11.0. The molecular weight excluding hydrogens is 298 g/mol. The van der Waals surface area contributed by atoms with Crippen LogP contribution in [0.4, 0.5) is 17.1 Å². The molecule has 0 heterocycles. The number of non-ortho nitro benzene ring substituents is 1. The summed E-state index contributed by atoms with van der Waals surface area (Å²) in [4.78, 5) is 22.3. The van der Waals surface area contributed by atoms with Crippen molar-refractivity contribution in [1.82, 2.24) is 0 Å². The lowest BCUT2D eigenvalue weighted by molar-refractivity contribution is -0.384. The van der Waals surface area contributed by atoms with Crippen molar-refractivity contribution in [3.05, 3.63) is 58.1 Å². The molecule has 0 aliphatic rings. The van der Waals surface area contributed by atoms with Crippen LogP contribution in [-0.4, -0.2) is 17.4 Å². The van der Waals surface area contributed by atoms with Crippen LogP contribution in [0.2, 0.25) is 0 Å². The maximum atomic E-state index is 12.1. The molecule has 3 N–H and O–H groups in total. The number of nitrogen functional groups attached to an aromatic ring is 1. The van der Waals surface area contributed by atoms with Gasteiger partial charge in [-0.15, -0.1) is 0 Å². The Hall–Kier alpha value is -3.09. The number of carbonyl (C=O) groups excluding carboxylic acids is 1. The average Bonchev–Trinajstić information content (AvgIpc) is 2.51. The molecule has 0 aliphatic heterocycles. The third-order valence-electron chi connectivity index (χ3n) is 3.12. The van der Waals surface area contributed by atoms with Crippen LogP contribution in [0.1, 0.15) is 12.5 Å². The molecule has 0 unspecified atom stereocenters. The molecule has 0 radical (unpaired) electrons. The van der Waals surface area contributed by atoms with Crippen LogP contribution < -0.4 is 15.8 Å². The summed E-state index contributed by atoms with van der Waals surface area (Å²) in [6, 6.07) is 11.1. The number of benzene rings is 2. The van der Waals surface area contributed by atoms with Gasteiger partial charge in [0.05, 0.1) is 29.3 Å². The van der Waals surface area contributed by atoms with E-state index in [4.69, 9.17) is 10.5 Å².